The van der Waals surface area contributed by atoms with Crippen molar-refractivity contribution >= 4 is 16.9 Å². The van der Waals surface area contributed by atoms with Crippen molar-refractivity contribution in [2.75, 3.05) is 45.9 Å². The van der Waals surface area contributed by atoms with Crippen LogP contribution in [0.2, 0.25) is 0 Å². The lowest BCUT2D eigenvalue weighted by atomic mass is 10.1. The highest BCUT2D eigenvalue weighted by molar-refractivity contribution is 5.83. The minimum Gasteiger partial charge on any atom is -0.379 e. The van der Waals surface area contributed by atoms with Crippen molar-refractivity contribution in [3.8, 4) is 0 Å². The fourth-order valence-electron chi connectivity index (χ4n) is 3.03. The highest BCUT2D eigenvalue weighted by Crippen LogP contribution is 2.18. The lowest BCUT2D eigenvalue weighted by Crippen LogP contribution is -2.43. The molecule has 3 rings (SSSR count). The van der Waals surface area contributed by atoms with Gasteiger partial charge in [-0.1, -0.05) is 18.2 Å². The van der Waals surface area contributed by atoms with Gasteiger partial charge in [0.2, 0.25) is 0 Å². The van der Waals surface area contributed by atoms with Crippen molar-refractivity contribution in [2.45, 2.75) is 12.8 Å². The number of morpholine rings is 1. The average Bonchev–Trinajstić information content (AvgIpc) is 3.03. The molecule has 130 valence electrons. The van der Waals surface area contributed by atoms with E-state index in [1.165, 1.54) is 16.5 Å². The van der Waals surface area contributed by atoms with E-state index in [-0.39, 0.29) is 6.03 Å². The van der Waals surface area contributed by atoms with Gasteiger partial charge in [-0.15, -0.1) is 0 Å². The first-order valence-electron chi connectivity index (χ1n) is 8.70. The minimum absolute atomic E-state index is 0.0813. The summed E-state index contributed by atoms with van der Waals surface area (Å²) in [6, 6.07) is 8.22. The van der Waals surface area contributed by atoms with Crippen LogP contribution in [-0.2, 0) is 11.2 Å². The van der Waals surface area contributed by atoms with Crippen LogP contribution in [-0.4, -0.2) is 61.9 Å². The number of H-pyrrole nitrogens is 1. The predicted octanol–water partition coefficient (Wildman–Crippen LogP) is 1.73. The molecule has 6 heteroatoms. The van der Waals surface area contributed by atoms with Gasteiger partial charge in [0.05, 0.1) is 13.2 Å². The Morgan fingerprint density at radius 1 is 1.17 bits per heavy atom. The van der Waals surface area contributed by atoms with Crippen molar-refractivity contribution in [3.63, 3.8) is 0 Å². The van der Waals surface area contributed by atoms with Crippen LogP contribution in [0.4, 0.5) is 4.79 Å². The summed E-state index contributed by atoms with van der Waals surface area (Å²) in [4.78, 5) is 17.4. The minimum atomic E-state index is -0.0813. The molecule has 0 radical (unpaired) electrons. The molecular formula is C18H26N4O2. The summed E-state index contributed by atoms with van der Waals surface area (Å²) in [6.07, 6.45) is 3.95. The van der Waals surface area contributed by atoms with Crippen molar-refractivity contribution in [1.29, 1.82) is 0 Å². The second kappa shape index (κ2) is 8.70. The normalized spacial score (nSPS) is 15.5. The number of amides is 2. The molecule has 2 heterocycles. The summed E-state index contributed by atoms with van der Waals surface area (Å²) < 4.78 is 5.31. The van der Waals surface area contributed by atoms with E-state index < -0.39 is 0 Å². The van der Waals surface area contributed by atoms with Crippen LogP contribution >= 0.6 is 0 Å². The quantitative estimate of drug-likeness (QED) is 0.677. The van der Waals surface area contributed by atoms with Crippen LogP contribution in [0.1, 0.15) is 12.0 Å². The molecule has 1 fully saturated rings. The van der Waals surface area contributed by atoms with Gasteiger partial charge in [0.15, 0.2) is 0 Å². The van der Waals surface area contributed by atoms with Crippen LogP contribution < -0.4 is 10.6 Å². The molecule has 0 atom stereocenters. The molecule has 24 heavy (non-hydrogen) atoms. The Bertz CT molecular complexity index is 649. The number of urea groups is 1. The Kier molecular flexibility index (Phi) is 6.09. The first-order valence-corrected chi connectivity index (χ1v) is 8.70. The standard InChI is InChI=1S/C18H26N4O2/c23-18(20-8-9-22-10-12-24-13-11-22)19-7-3-4-15-14-21-17-6-2-1-5-16(15)17/h1-2,5-6,14,21H,3-4,7-13H2,(H2,19,20,23). The lowest BCUT2D eigenvalue weighted by molar-refractivity contribution is 0.0387. The van der Waals surface area contributed by atoms with Gasteiger partial charge in [-0.2, -0.15) is 0 Å². The largest absolute Gasteiger partial charge is 0.379 e. The Morgan fingerprint density at radius 3 is 2.83 bits per heavy atom. The second-order valence-electron chi connectivity index (χ2n) is 6.10. The molecule has 0 bridgehead atoms. The van der Waals surface area contributed by atoms with Gasteiger partial charge in [-0.3, -0.25) is 4.90 Å². The van der Waals surface area contributed by atoms with E-state index in [0.717, 1.165) is 45.7 Å². The van der Waals surface area contributed by atoms with Crippen LogP contribution in [0.5, 0.6) is 0 Å². The second-order valence-corrected chi connectivity index (χ2v) is 6.10. The molecule has 1 aliphatic rings. The van der Waals surface area contributed by atoms with Gasteiger partial charge >= 0.3 is 6.03 Å². The van der Waals surface area contributed by atoms with E-state index in [4.69, 9.17) is 4.74 Å². The molecule has 2 amide bonds. The van der Waals surface area contributed by atoms with E-state index in [9.17, 15) is 4.79 Å². The maximum atomic E-state index is 11.8. The number of rotatable bonds is 7. The molecule has 0 aliphatic carbocycles. The van der Waals surface area contributed by atoms with E-state index in [0.29, 0.717) is 13.1 Å². The van der Waals surface area contributed by atoms with E-state index in [2.05, 4.69) is 44.9 Å². The summed E-state index contributed by atoms with van der Waals surface area (Å²) in [7, 11) is 0. The van der Waals surface area contributed by atoms with Gasteiger partial charge in [0.25, 0.3) is 0 Å². The number of para-hydroxylation sites is 1. The molecule has 2 aromatic rings. The third kappa shape index (κ3) is 4.72. The SMILES string of the molecule is O=C(NCCCc1c[nH]c2ccccc12)NCCN1CCOCC1. The third-order valence-corrected chi connectivity index (χ3v) is 4.40. The van der Waals surface area contributed by atoms with Crippen molar-refractivity contribution in [1.82, 2.24) is 20.5 Å². The van der Waals surface area contributed by atoms with Gasteiger partial charge in [-0.05, 0) is 24.5 Å². The number of nitrogens with one attached hydrogen (secondary N) is 3. The Morgan fingerprint density at radius 2 is 1.96 bits per heavy atom. The fraction of sp³-hybridized carbons (Fsp3) is 0.500. The molecule has 1 saturated heterocycles. The Hall–Kier alpha value is -2.05. The number of carbonyl (C=O) groups is 1. The van der Waals surface area contributed by atoms with Gasteiger partial charge < -0.3 is 20.4 Å². The lowest BCUT2D eigenvalue weighted by Gasteiger charge is -2.26. The Labute approximate surface area is 142 Å². The number of aromatic amines is 1. The smallest absolute Gasteiger partial charge is 0.314 e. The van der Waals surface area contributed by atoms with E-state index >= 15 is 0 Å². The molecule has 1 aliphatic heterocycles. The topological polar surface area (TPSA) is 69.4 Å². The molecule has 1 aromatic heterocycles. The van der Waals surface area contributed by atoms with Gasteiger partial charge in [-0.25, -0.2) is 4.79 Å². The van der Waals surface area contributed by atoms with Crippen LogP contribution in [0.25, 0.3) is 10.9 Å². The zero-order valence-corrected chi connectivity index (χ0v) is 14.0. The number of carbonyl (C=O) groups excluding carboxylic acids is 1. The van der Waals surface area contributed by atoms with Crippen molar-refractivity contribution in [2.24, 2.45) is 0 Å². The van der Waals surface area contributed by atoms with Gasteiger partial charge in [0.1, 0.15) is 0 Å². The highest BCUT2D eigenvalue weighted by atomic mass is 16.5. The number of hydrogen-bond donors (Lipinski definition) is 3. The van der Waals surface area contributed by atoms with E-state index in [1.54, 1.807) is 0 Å². The van der Waals surface area contributed by atoms with Crippen LogP contribution in [0.3, 0.4) is 0 Å². The summed E-state index contributed by atoms with van der Waals surface area (Å²) in [5, 5.41) is 7.11. The number of benzene rings is 1. The maximum Gasteiger partial charge on any atom is 0.314 e. The predicted molar refractivity (Wildman–Crippen MR) is 95.3 cm³/mol. The summed E-state index contributed by atoms with van der Waals surface area (Å²) in [5.74, 6) is 0. The number of ether oxygens (including phenoxy) is 1. The monoisotopic (exact) mass is 330 g/mol. The highest BCUT2D eigenvalue weighted by Gasteiger charge is 2.10. The number of aryl methyl sites for hydroxylation is 1. The molecule has 3 N–H and O–H groups in total. The number of hydrogen-bond acceptors (Lipinski definition) is 3. The summed E-state index contributed by atoms with van der Waals surface area (Å²) >= 11 is 0. The van der Waals surface area contributed by atoms with E-state index in [1.807, 2.05) is 6.07 Å². The van der Waals surface area contributed by atoms with Gasteiger partial charge in [0, 0.05) is 49.8 Å². The zero-order chi connectivity index (χ0) is 16.6. The first-order chi connectivity index (χ1) is 11.8. The maximum absolute atomic E-state index is 11.8. The molecule has 1 aromatic carbocycles. The summed E-state index contributed by atoms with van der Waals surface area (Å²) in [5.41, 5.74) is 2.47. The molecule has 0 spiro atoms. The van der Waals surface area contributed by atoms with Crippen LogP contribution in [0.15, 0.2) is 30.5 Å². The number of nitrogens with zero attached hydrogens (tertiary/aromatic N) is 1. The number of aromatic nitrogens is 1. The Balaban J connectivity index is 1.29. The number of fused-ring (bicyclic) bond motifs is 1. The average molecular weight is 330 g/mol. The first kappa shape index (κ1) is 16.8. The van der Waals surface area contributed by atoms with Crippen molar-refractivity contribution in [3.05, 3.63) is 36.0 Å². The molecule has 0 saturated carbocycles. The fourth-order valence-corrected chi connectivity index (χ4v) is 3.03. The van der Waals surface area contributed by atoms with Crippen molar-refractivity contribution < 1.29 is 9.53 Å². The van der Waals surface area contributed by atoms with Crippen LogP contribution in [0, 0.1) is 0 Å². The molecule has 0 unspecified atom stereocenters. The molecular weight excluding hydrogens is 304 g/mol. The third-order valence-electron chi connectivity index (χ3n) is 4.40. The molecule has 6 nitrogen and oxygen atoms in total. The summed E-state index contributed by atoms with van der Waals surface area (Å²) in [6.45, 7) is 5.73. The zero-order valence-electron chi connectivity index (χ0n) is 14.0.